The van der Waals surface area contributed by atoms with Gasteiger partial charge in [0.15, 0.2) is 17.3 Å². The van der Waals surface area contributed by atoms with Crippen molar-refractivity contribution in [2.24, 2.45) is 0 Å². The average Bonchev–Trinajstić information content (AvgIpc) is 2.46. The van der Waals surface area contributed by atoms with Crippen LogP contribution in [0.3, 0.4) is 0 Å². The molecule has 0 bridgehead atoms. The van der Waals surface area contributed by atoms with Crippen LogP contribution in [0.1, 0.15) is 22.8 Å². The molecule has 104 valence electrons. The van der Waals surface area contributed by atoms with E-state index in [0.717, 1.165) is 5.56 Å². The van der Waals surface area contributed by atoms with Crippen molar-refractivity contribution in [2.45, 2.75) is 13.5 Å². The molecule has 0 N–H and O–H groups in total. The summed E-state index contributed by atoms with van der Waals surface area (Å²) in [7, 11) is 1.57. The lowest BCUT2D eigenvalue weighted by Crippen LogP contribution is -2.00. The fourth-order valence-corrected chi connectivity index (χ4v) is 2.11. The lowest BCUT2D eigenvalue weighted by molar-refractivity contribution is 0.101. The smallest absolute Gasteiger partial charge is 0.161 e. The quantitative estimate of drug-likeness (QED) is 0.578. The monoisotopic (exact) mass is 382 g/mol. The Morgan fingerprint density at radius 2 is 1.80 bits per heavy atom. The molecule has 0 spiro atoms. The summed E-state index contributed by atoms with van der Waals surface area (Å²) in [5.74, 6) is 1.21. The lowest BCUT2D eigenvalue weighted by atomic mass is 10.1. The highest BCUT2D eigenvalue weighted by molar-refractivity contribution is 14.1. The van der Waals surface area contributed by atoms with E-state index in [1.54, 1.807) is 25.3 Å². The Morgan fingerprint density at radius 3 is 2.40 bits per heavy atom. The molecule has 2 aromatic carbocycles. The summed E-state index contributed by atoms with van der Waals surface area (Å²) in [5.41, 5.74) is 1.70. The molecular weight excluding hydrogens is 367 g/mol. The van der Waals surface area contributed by atoms with Crippen molar-refractivity contribution in [3.8, 4) is 11.5 Å². The zero-order valence-electron chi connectivity index (χ0n) is 11.4. The molecule has 0 saturated heterocycles. The van der Waals surface area contributed by atoms with Crippen LogP contribution in [0.25, 0.3) is 0 Å². The van der Waals surface area contributed by atoms with E-state index in [1.807, 2.05) is 24.3 Å². The number of ether oxygens (including phenoxy) is 2. The van der Waals surface area contributed by atoms with Gasteiger partial charge in [-0.3, -0.25) is 4.79 Å². The van der Waals surface area contributed by atoms with Crippen LogP contribution in [-0.2, 0) is 6.61 Å². The summed E-state index contributed by atoms with van der Waals surface area (Å²) < 4.78 is 12.2. The predicted octanol–water partition coefficient (Wildman–Crippen LogP) is 4.08. The molecule has 0 fully saturated rings. The molecule has 4 heteroatoms. The maximum Gasteiger partial charge on any atom is 0.161 e. The summed E-state index contributed by atoms with van der Waals surface area (Å²) in [6.07, 6.45) is 0. The van der Waals surface area contributed by atoms with Gasteiger partial charge in [-0.2, -0.15) is 0 Å². The van der Waals surface area contributed by atoms with Crippen LogP contribution in [0, 0.1) is 3.57 Å². The summed E-state index contributed by atoms with van der Waals surface area (Å²) in [6, 6.07) is 13.3. The first-order chi connectivity index (χ1) is 9.60. The summed E-state index contributed by atoms with van der Waals surface area (Å²) in [5, 5.41) is 0. The summed E-state index contributed by atoms with van der Waals surface area (Å²) in [6.45, 7) is 1.99. The van der Waals surface area contributed by atoms with E-state index in [-0.39, 0.29) is 5.78 Å². The number of benzene rings is 2. The molecule has 0 radical (unpaired) electrons. The van der Waals surface area contributed by atoms with E-state index >= 15 is 0 Å². The van der Waals surface area contributed by atoms with Crippen LogP contribution in [0.2, 0.25) is 0 Å². The van der Waals surface area contributed by atoms with Crippen LogP contribution in [0.15, 0.2) is 42.5 Å². The third kappa shape index (κ3) is 3.72. The highest BCUT2D eigenvalue weighted by Gasteiger charge is 2.08. The SMILES string of the molecule is COc1cc(C(C)=O)ccc1OCc1ccc(I)cc1. The third-order valence-corrected chi connectivity index (χ3v) is 3.60. The van der Waals surface area contributed by atoms with Gasteiger partial charge in [0.05, 0.1) is 7.11 Å². The summed E-state index contributed by atoms with van der Waals surface area (Å²) >= 11 is 2.26. The fourth-order valence-electron chi connectivity index (χ4n) is 1.75. The number of carbonyl (C=O) groups excluding carboxylic acids is 1. The normalized spacial score (nSPS) is 10.2. The van der Waals surface area contributed by atoms with Gasteiger partial charge < -0.3 is 9.47 Å². The van der Waals surface area contributed by atoms with E-state index in [2.05, 4.69) is 22.6 Å². The maximum absolute atomic E-state index is 11.3. The number of Topliss-reactive ketones (excluding diaryl/α,β-unsaturated/α-hetero) is 1. The second-order valence-corrected chi connectivity index (χ2v) is 5.58. The number of rotatable bonds is 5. The molecule has 0 saturated carbocycles. The van der Waals surface area contributed by atoms with Crippen LogP contribution >= 0.6 is 22.6 Å². The molecule has 0 atom stereocenters. The van der Waals surface area contributed by atoms with E-state index in [0.29, 0.717) is 23.7 Å². The van der Waals surface area contributed by atoms with E-state index in [1.165, 1.54) is 10.5 Å². The molecule has 2 rings (SSSR count). The van der Waals surface area contributed by atoms with Gasteiger partial charge in [-0.1, -0.05) is 12.1 Å². The van der Waals surface area contributed by atoms with Crippen LogP contribution in [0.5, 0.6) is 11.5 Å². The molecule has 0 amide bonds. The molecule has 0 aromatic heterocycles. The zero-order chi connectivity index (χ0) is 14.5. The number of halogens is 1. The van der Waals surface area contributed by atoms with Gasteiger partial charge in [0, 0.05) is 9.13 Å². The Kier molecular flexibility index (Phi) is 5.00. The Balaban J connectivity index is 2.12. The fraction of sp³-hybridized carbons (Fsp3) is 0.188. The zero-order valence-corrected chi connectivity index (χ0v) is 13.5. The Bertz CT molecular complexity index is 606. The lowest BCUT2D eigenvalue weighted by Gasteiger charge is -2.11. The third-order valence-electron chi connectivity index (χ3n) is 2.88. The van der Waals surface area contributed by atoms with Gasteiger partial charge in [0.25, 0.3) is 0 Å². The minimum Gasteiger partial charge on any atom is -0.493 e. The molecular formula is C16H15IO3. The average molecular weight is 382 g/mol. The van der Waals surface area contributed by atoms with Crippen molar-refractivity contribution in [3.63, 3.8) is 0 Å². The number of methoxy groups -OCH3 is 1. The molecule has 0 aliphatic rings. The topological polar surface area (TPSA) is 35.5 Å². The molecule has 0 unspecified atom stereocenters. The van der Waals surface area contributed by atoms with E-state index in [9.17, 15) is 4.79 Å². The van der Waals surface area contributed by atoms with Crippen molar-refractivity contribution in [1.29, 1.82) is 0 Å². The largest absolute Gasteiger partial charge is 0.493 e. The second kappa shape index (κ2) is 6.74. The molecule has 3 nitrogen and oxygen atoms in total. The van der Waals surface area contributed by atoms with Gasteiger partial charge in [0.2, 0.25) is 0 Å². The Hall–Kier alpha value is -1.56. The van der Waals surface area contributed by atoms with Crippen molar-refractivity contribution in [3.05, 3.63) is 57.2 Å². The number of hydrogen-bond donors (Lipinski definition) is 0. The minimum absolute atomic E-state index is 0.00693. The molecule has 0 aliphatic heterocycles. The second-order valence-electron chi connectivity index (χ2n) is 4.34. The van der Waals surface area contributed by atoms with Gasteiger partial charge in [-0.25, -0.2) is 0 Å². The Morgan fingerprint density at radius 1 is 1.10 bits per heavy atom. The molecule has 20 heavy (non-hydrogen) atoms. The van der Waals surface area contributed by atoms with Crippen LogP contribution < -0.4 is 9.47 Å². The Labute approximate surface area is 132 Å². The first-order valence-electron chi connectivity index (χ1n) is 6.16. The van der Waals surface area contributed by atoms with Gasteiger partial charge in [0.1, 0.15) is 6.61 Å². The van der Waals surface area contributed by atoms with Crippen molar-refractivity contribution in [1.82, 2.24) is 0 Å². The highest BCUT2D eigenvalue weighted by Crippen LogP contribution is 2.29. The first kappa shape index (κ1) is 14.8. The van der Waals surface area contributed by atoms with E-state index in [4.69, 9.17) is 9.47 Å². The number of hydrogen-bond acceptors (Lipinski definition) is 3. The maximum atomic E-state index is 11.3. The minimum atomic E-state index is 0.00693. The number of carbonyl (C=O) groups is 1. The van der Waals surface area contributed by atoms with Gasteiger partial charge >= 0.3 is 0 Å². The van der Waals surface area contributed by atoms with Gasteiger partial charge in [-0.15, -0.1) is 0 Å². The van der Waals surface area contributed by atoms with Crippen molar-refractivity contribution < 1.29 is 14.3 Å². The molecule has 0 aliphatic carbocycles. The van der Waals surface area contributed by atoms with Crippen molar-refractivity contribution in [2.75, 3.05) is 7.11 Å². The van der Waals surface area contributed by atoms with Gasteiger partial charge in [-0.05, 0) is 65.4 Å². The first-order valence-corrected chi connectivity index (χ1v) is 7.24. The standard InChI is InChI=1S/C16H15IO3/c1-11(18)13-5-8-15(16(9-13)19-2)20-10-12-3-6-14(17)7-4-12/h3-9H,10H2,1-2H3. The van der Waals surface area contributed by atoms with E-state index < -0.39 is 0 Å². The molecule has 2 aromatic rings. The van der Waals surface area contributed by atoms with Crippen LogP contribution in [-0.4, -0.2) is 12.9 Å². The highest BCUT2D eigenvalue weighted by atomic mass is 127. The molecule has 0 heterocycles. The predicted molar refractivity (Wildman–Crippen MR) is 86.5 cm³/mol. The number of ketones is 1. The van der Waals surface area contributed by atoms with Crippen LogP contribution in [0.4, 0.5) is 0 Å². The summed E-state index contributed by atoms with van der Waals surface area (Å²) in [4.78, 5) is 11.3. The van der Waals surface area contributed by atoms with Crippen molar-refractivity contribution >= 4 is 28.4 Å².